The first kappa shape index (κ1) is 30.1. The van der Waals surface area contributed by atoms with E-state index in [2.05, 4.69) is 31.3 Å². The van der Waals surface area contributed by atoms with E-state index >= 15 is 0 Å². The number of nitrogens with zero attached hydrogens (tertiary/aromatic N) is 4. The van der Waals surface area contributed by atoms with Gasteiger partial charge in [0.1, 0.15) is 24.7 Å². The monoisotopic (exact) mass is 597 g/mol. The zero-order valence-corrected chi connectivity index (χ0v) is 23.5. The number of anilines is 3. The van der Waals surface area contributed by atoms with Crippen LogP contribution in [0.2, 0.25) is 5.02 Å². The van der Waals surface area contributed by atoms with Gasteiger partial charge in [-0.3, -0.25) is 19.4 Å². The molecule has 0 fully saturated rings. The average Bonchev–Trinajstić information content (AvgIpc) is 3.30. The summed E-state index contributed by atoms with van der Waals surface area (Å²) in [7, 11) is 0. The third kappa shape index (κ3) is 7.27. The Hall–Kier alpha value is -4.82. The van der Waals surface area contributed by atoms with Crippen molar-refractivity contribution in [2.45, 2.75) is 32.5 Å². The second kappa shape index (κ2) is 13.2. The summed E-state index contributed by atoms with van der Waals surface area (Å²) in [5, 5.41) is 9.27. The quantitative estimate of drug-likeness (QED) is 0.237. The molecule has 4 rings (SSSR count). The molecule has 0 bridgehead atoms. The van der Waals surface area contributed by atoms with E-state index in [-0.39, 0.29) is 36.3 Å². The smallest absolute Gasteiger partial charge is 0.323 e. The lowest BCUT2D eigenvalue weighted by molar-refractivity contribution is -0.136. The Bertz CT molecular complexity index is 1490. The van der Waals surface area contributed by atoms with E-state index in [4.69, 9.17) is 17.3 Å². The molecule has 1 aliphatic rings. The second-order valence-corrected chi connectivity index (χ2v) is 10.0. The lowest BCUT2D eigenvalue weighted by Gasteiger charge is -2.29. The first-order valence-electron chi connectivity index (χ1n) is 12.8. The van der Waals surface area contributed by atoms with Gasteiger partial charge in [0.25, 0.3) is 0 Å². The van der Waals surface area contributed by atoms with Gasteiger partial charge in [0.15, 0.2) is 0 Å². The number of fused-ring (bicyclic) bond motifs is 1. The third-order valence-electron chi connectivity index (χ3n) is 6.33. The number of amides is 5. The van der Waals surface area contributed by atoms with Crippen LogP contribution < -0.4 is 32.1 Å². The summed E-state index contributed by atoms with van der Waals surface area (Å²) in [6, 6.07) is 7.42. The largest absolute Gasteiger partial charge is 0.368 e. The summed E-state index contributed by atoms with van der Waals surface area (Å²) in [5.74, 6) is -2.21. The fourth-order valence-corrected chi connectivity index (χ4v) is 4.48. The number of urea groups is 1. The molecule has 1 aliphatic heterocycles. The Kier molecular flexibility index (Phi) is 9.49. The molecule has 15 heteroatoms. The van der Waals surface area contributed by atoms with E-state index in [1.165, 1.54) is 40.8 Å². The first-order valence-corrected chi connectivity index (χ1v) is 13.2. The van der Waals surface area contributed by atoms with Crippen LogP contribution in [0.1, 0.15) is 31.0 Å². The predicted octanol–water partition coefficient (Wildman–Crippen LogP) is 2.32. The second-order valence-electron chi connectivity index (χ2n) is 9.64. The number of hydrogen-bond donors (Lipinski definition) is 5. The van der Waals surface area contributed by atoms with E-state index in [0.29, 0.717) is 22.6 Å². The van der Waals surface area contributed by atoms with Gasteiger partial charge in [-0.15, -0.1) is 0 Å². The number of hydrazine groups is 1. The van der Waals surface area contributed by atoms with Gasteiger partial charge < -0.3 is 26.6 Å². The Balaban J connectivity index is 1.42. The van der Waals surface area contributed by atoms with Gasteiger partial charge in [-0.2, -0.15) is 0 Å². The SMILES string of the molecule is CC(C)N(CC(=O)NCc1cccc(Cl)c1F)C(=O)CN1NC(C(N)=O)c2cc(NC(=O)Nc3cncnc3)ccc21. The van der Waals surface area contributed by atoms with Gasteiger partial charge >= 0.3 is 6.03 Å². The number of carbonyl (C=O) groups is 4. The van der Waals surface area contributed by atoms with E-state index in [0.717, 1.165) is 0 Å². The lowest BCUT2D eigenvalue weighted by Crippen LogP contribution is -2.50. The van der Waals surface area contributed by atoms with E-state index in [9.17, 15) is 23.6 Å². The molecule has 0 spiro atoms. The van der Waals surface area contributed by atoms with Crippen molar-refractivity contribution in [1.29, 1.82) is 0 Å². The number of nitrogens with one attached hydrogen (secondary N) is 4. The third-order valence-corrected chi connectivity index (χ3v) is 6.63. The van der Waals surface area contributed by atoms with Crippen molar-refractivity contribution < 1.29 is 23.6 Å². The summed E-state index contributed by atoms with van der Waals surface area (Å²) < 4.78 is 14.2. The number of primary amides is 1. The van der Waals surface area contributed by atoms with E-state index < -0.39 is 35.6 Å². The van der Waals surface area contributed by atoms with Crippen LogP contribution in [0.4, 0.5) is 26.2 Å². The number of aromatic nitrogens is 2. The number of halogens is 2. The van der Waals surface area contributed by atoms with Gasteiger partial charge in [0, 0.05) is 29.4 Å². The minimum absolute atomic E-state index is 0.0538. The topological polar surface area (TPSA) is 175 Å². The highest BCUT2D eigenvalue weighted by Gasteiger charge is 2.34. The van der Waals surface area contributed by atoms with Crippen molar-refractivity contribution in [3.8, 4) is 0 Å². The van der Waals surface area contributed by atoms with E-state index in [1.54, 1.807) is 38.1 Å². The fourth-order valence-electron chi connectivity index (χ4n) is 4.28. The molecule has 1 atom stereocenters. The molecule has 0 aliphatic carbocycles. The first-order chi connectivity index (χ1) is 20.0. The summed E-state index contributed by atoms with van der Waals surface area (Å²) in [6.07, 6.45) is 4.19. The molecule has 0 radical (unpaired) electrons. The Morgan fingerprint density at radius 1 is 1.12 bits per heavy atom. The summed E-state index contributed by atoms with van der Waals surface area (Å²) in [4.78, 5) is 59.6. The highest BCUT2D eigenvalue weighted by Crippen LogP contribution is 2.35. The molecule has 1 aromatic heterocycles. The maximum atomic E-state index is 14.2. The van der Waals surface area contributed by atoms with Crippen LogP contribution in [0.15, 0.2) is 55.1 Å². The Morgan fingerprint density at radius 2 is 1.83 bits per heavy atom. The number of hydrogen-bond acceptors (Lipinski definition) is 8. The van der Waals surface area contributed by atoms with Crippen LogP contribution in [0.3, 0.4) is 0 Å². The lowest BCUT2D eigenvalue weighted by atomic mass is 10.1. The van der Waals surface area contributed by atoms with Gasteiger partial charge in [-0.1, -0.05) is 23.7 Å². The van der Waals surface area contributed by atoms with Crippen molar-refractivity contribution in [2.24, 2.45) is 5.73 Å². The predicted molar refractivity (Wildman–Crippen MR) is 154 cm³/mol. The summed E-state index contributed by atoms with van der Waals surface area (Å²) in [6.45, 7) is 2.91. The molecule has 2 heterocycles. The number of carbonyl (C=O) groups excluding carboxylic acids is 4. The molecular formula is C27H29ClFN9O4. The summed E-state index contributed by atoms with van der Waals surface area (Å²) >= 11 is 5.80. The van der Waals surface area contributed by atoms with Crippen molar-refractivity contribution in [3.05, 3.63) is 77.1 Å². The number of nitrogens with two attached hydrogens (primary N) is 1. The molecule has 220 valence electrons. The molecule has 0 saturated heterocycles. The minimum Gasteiger partial charge on any atom is -0.368 e. The van der Waals surface area contributed by atoms with Gasteiger partial charge in [-0.25, -0.2) is 24.6 Å². The van der Waals surface area contributed by atoms with Crippen molar-refractivity contribution in [2.75, 3.05) is 28.7 Å². The van der Waals surface area contributed by atoms with Crippen LogP contribution in [-0.2, 0) is 20.9 Å². The normalized spacial score (nSPS) is 13.8. The van der Waals surface area contributed by atoms with Crippen LogP contribution in [0.5, 0.6) is 0 Å². The Labute approximate surface area is 245 Å². The molecule has 1 unspecified atom stereocenters. The van der Waals surface area contributed by atoms with Crippen LogP contribution in [-0.4, -0.2) is 57.8 Å². The Morgan fingerprint density at radius 3 is 2.52 bits per heavy atom. The van der Waals surface area contributed by atoms with Crippen LogP contribution in [0.25, 0.3) is 0 Å². The van der Waals surface area contributed by atoms with Gasteiger partial charge in [-0.05, 0) is 38.1 Å². The molecular weight excluding hydrogens is 569 g/mol. The van der Waals surface area contributed by atoms with Gasteiger partial charge in [0.2, 0.25) is 17.7 Å². The minimum atomic E-state index is -0.969. The highest BCUT2D eigenvalue weighted by atomic mass is 35.5. The van der Waals surface area contributed by atoms with Crippen LogP contribution >= 0.6 is 11.6 Å². The highest BCUT2D eigenvalue weighted by molar-refractivity contribution is 6.30. The maximum absolute atomic E-state index is 14.2. The van der Waals surface area contributed by atoms with Crippen molar-refractivity contribution in [3.63, 3.8) is 0 Å². The summed E-state index contributed by atoms with van der Waals surface area (Å²) in [5.41, 5.74) is 10.5. The zero-order chi connectivity index (χ0) is 30.4. The number of benzene rings is 2. The maximum Gasteiger partial charge on any atom is 0.323 e. The molecule has 42 heavy (non-hydrogen) atoms. The zero-order valence-electron chi connectivity index (χ0n) is 22.7. The standard InChI is InChI=1S/C27H29ClFN9O4/c1-15(2)37(12-22(39)33-9-16-4-3-5-20(28)24(16)29)23(40)13-38-21-7-6-17(8-19(21)25(36-38)26(30)41)34-27(42)35-18-10-31-14-32-11-18/h3-8,10-11,14-15,25,36H,9,12-13H2,1-2H3,(H2,30,41)(H,33,39)(H2,34,35,42). The van der Waals surface area contributed by atoms with Crippen molar-refractivity contribution in [1.82, 2.24) is 25.6 Å². The molecule has 3 aromatic rings. The molecule has 6 N–H and O–H groups in total. The number of rotatable bonds is 10. The molecule has 5 amide bonds. The fraction of sp³-hybridized carbons (Fsp3) is 0.259. The molecule has 13 nitrogen and oxygen atoms in total. The van der Waals surface area contributed by atoms with Gasteiger partial charge in [0.05, 0.1) is 35.3 Å². The van der Waals surface area contributed by atoms with Crippen LogP contribution in [0, 0.1) is 5.82 Å². The van der Waals surface area contributed by atoms with Crippen molar-refractivity contribution >= 4 is 52.4 Å². The van der Waals surface area contributed by atoms with E-state index in [1.807, 2.05) is 0 Å². The molecule has 0 saturated carbocycles. The average molecular weight is 598 g/mol. The molecule has 2 aromatic carbocycles.